The Bertz CT molecular complexity index is 440. The Morgan fingerprint density at radius 3 is 3.27 bits per heavy atom. The molecule has 0 aliphatic rings. The first-order valence-corrected chi connectivity index (χ1v) is 3.30. The lowest BCUT2D eigenvalue weighted by Crippen LogP contribution is -2.01. The predicted molar refractivity (Wildman–Crippen MR) is 40.5 cm³/mol. The fraction of sp³-hybridized carbons (Fsp3) is 0.143. The average molecular weight is 149 g/mol. The van der Waals surface area contributed by atoms with Gasteiger partial charge in [0.2, 0.25) is 5.43 Å². The van der Waals surface area contributed by atoms with Gasteiger partial charge < -0.3 is 4.98 Å². The Morgan fingerprint density at radius 1 is 1.64 bits per heavy atom. The molecule has 0 amide bonds. The monoisotopic (exact) mass is 149 g/mol. The van der Waals surface area contributed by atoms with Crippen LogP contribution in [0.1, 0.15) is 5.69 Å². The van der Waals surface area contributed by atoms with E-state index in [2.05, 4.69) is 10.1 Å². The van der Waals surface area contributed by atoms with Crippen LogP contribution < -0.4 is 5.43 Å². The Hall–Kier alpha value is -1.58. The van der Waals surface area contributed by atoms with Gasteiger partial charge in [0.05, 0.1) is 6.20 Å². The first-order valence-electron chi connectivity index (χ1n) is 3.30. The molecule has 0 aromatic carbocycles. The molecule has 0 spiro atoms. The van der Waals surface area contributed by atoms with Gasteiger partial charge in [-0.2, -0.15) is 5.10 Å². The Kier molecular flexibility index (Phi) is 1.09. The first-order chi connectivity index (χ1) is 5.25. The van der Waals surface area contributed by atoms with Crippen LogP contribution in [-0.2, 0) is 0 Å². The number of aromatic nitrogens is 3. The summed E-state index contributed by atoms with van der Waals surface area (Å²) in [6.07, 6.45) is 3.12. The number of aromatic amines is 1. The fourth-order valence-corrected chi connectivity index (χ4v) is 1.03. The second-order valence-corrected chi connectivity index (χ2v) is 2.46. The van der Waals surface area contributed by atoms with E-state index in [0.717, 1.165) is 11.3 Å². The van der Waals surface area contributed by atoms with Crippen LogP contribution in [0.15, 0.2) is 23.3 Å². The van der Waals surface area contributed by atoms with Crippen molar-refractivity contribution in [3.05, 3.63) is 34.4 Å². The molecule has 4 heteroatoms. The smallest absolute Gasteiger partial charge is 0.202 e. The molecular formula is C7H7N3O. The number of imidazole rings is 1. The van der Waals surface area contributed by atoms with Gasteiger partial charge in [-0.05, 0) is 6.92 Å². The molecule has 0 aliphatic carbocycles. The van der Waals surface area contributed by atoms with Gasteiger partial charge in [-0.15, -0.1) is 0 Å². The molecule has 56 valence electrons. The normalized spacial score (nSPS) is 10.6. The van der Waals surface area contributed by atoms with Crippen molar-refractivity contribution in [1.82, 2.24) is 14.6 Å². The molecule has 0 saturated heterocycles. The molecule has 1 N–H and O–H groups in total. The quantitative estimate of drug-likeness (QED) is 0.586. The van der Waals surface area contributed by atoms with Crippen LogP contribution in [-0.4, -0.2) is 14.6 Å². The van der Waals surface area contributed by atoms with Crippen LogP contribution in [0, 0.1) is 6.92 Å². The molecule has 0 bridgehead atoms. The number of nitrogens with one attached hydrogen (secondary N) is 1. The van der Waals surface area contributed by atoms with Crippen molar-refractivity contribution in [2.24, 2.45) is 0 Å². The van der Waals surface area contributed by atoms with E-state index >= 15 is 0 Å². The third-order valence-electron chi connectivity index (χ3n) is 1.48. The topological polar surface area (TPSA) is 50.2 Å². The second-order valence-electron chi connectivity index (χ2n) is 2.46. The lowest BCUT2D eigenvalue weighted by atomic mass is 10.5. The summed E-state index contributed by atoms with van der Waals surface area (Å²) in [4.78, 5) is 13.8. The van der Waals surface area contributed by atoms with Crippen molar-refractivity contribution >= 4 is 5.65 Å². The van der Waals surface area contributed by atoms with Gasteiger partial charge in [-0.3, -0.25) is 4.79 Å². The highest BCUT2D eigenvalue weighted by molar-refractivity contribution is 5.36. The minimum absolute atomic E-state index is 0.0770. The molecule has 0 atom stereocenters. The van der Waals surface area contributed by atoms with Crippen LogP contribution in [0.5, 0.6) is 0 Å². The van der Waals surface area contributed by atoms with Crippen LogP contribution in [0.2, 0.25) is 0 Å². The summed E-state index contributed by atoms with van der Waals surface area (Å²) in [5.41, 5.74) is 1.64. The van der Waals surface area contributed by atoms with Gasteiger partial charge in [-0.1, -0.05) is 0 Å². The van der Waals surface area contributed by atoms with Crippen molar-refractivity contribution in [3.8, 4) is 0 Å². The number of aryl methyl sites for hydroxylation is 1. The highest BCUT2D eigenvalue weighted by Gasteiger charge is 1.94. The minimum atomic E-state index is -0.0770. The van der Waals surface area contributed by atoms with Crippen LogP contribution in [0.4, 0.5) is 0 Å². The van der Waals surface area contributed by atoms with Crippen molar-refractivity contribution < 1.29 is 0 Å². The van der Waals surface area contributed by atoms with E-state index in [1.807, 2.05) is 13.1 Å². The van der Waals surface area contributed by atoms with Gasteiger partial charge in [0.15, 0.2) is 0 Å². The van der Waals surface area contributed by atoms with Crippen LogP contribution in [0.3, 0.4) is 0 Å². The molecule has 0 fully saturated rings. The average Bonchev–Trinajstić information content (AvgIpc) is 2.27. The lowest BCUT2D eigenvalue weighted by Gasteiger charge is -1.86. The summed E-state index contributed by atoms with van der Waals surface area (Å²) in [6, 6.07) is 1.51. The third kappa shape index (κ3) is 0.920. The van der Waals surface area contributed by atoms with Gasteiger partial charge >= 0.3 is 0 Å². The van der Waals surface area contributed by atoms with E-state index in [1.165, 1.54) is 12.3 Å². The highest BCUT2D eigenvalue weighted by atomic mass is 16.1. The zero-order chi connectivity index (χ0) is 7.84. The zero-order valence-corrected chi connectivity index (χ0v) is 6.03. The van der Waals surface area contributed by atoms with E-state index in [0.29, 0.717) is 0 Å². The van der Waals surface area contributed by atoms with Crippen molar-refractivity contribution in [1.29, 1.82) is 0 Å². The molecule has 0 aliphatic heterocycles. The summed E-state index contributed by atoms with van der Waals surface area (Å²) in [6.45, 7) is 1.92. The van der Waals surface area contributed by atoms with Crippen LogP contribution in [0.25, 0.3) is 5.65 Å². The van der Waals surface area contributed by atoms with Crippen molar-refractivity contribution in [3.63, 3.8) is 0 Å². The van der Waals surface area contributed by atoms with Gasteiger partial charge in [0, 0.05) is 18.0 Å². The fourth-order valence-electron chi connectivity index (χ4n) is 1.03. The molecule has 0 radical (unpaired) electrons. The molecule has 2 rings (SSSR count). The Morgan fingerprint density at radius 2 is 2.45 bits per heavy atom. The number of hydrogen-bond donors (Lipinski definition) is 1. The van der Waals surface area contributed by atoms with Gasteiger partial charge in [0.1, 0.15) is 5.65 Å². The zero-order valence-electron chi connectivity index (χ0n) is 6.03. The first kappa shape index (κ1) is 6.15. The minimum Gasteiger partial charge on any atom is -0.342 e. The number of nitrogens with zero attached hydrogens (tertiary/aromatic N) is 2. The van der Waals surface area contributed by atoms with Gasteiger partial charge in [0.25, 0.3) is 0 Å². The number of H-pyrrole nitrogens is 1. The standard InChI is InChI=1S/C7H7N3O/c1-5-4-10-7(9-5)2-6(11)3-8-10/h2-4,9H,1H3. The summed E-state index contributed by atoms with van der Waals surface area (Å²) in [5, 5.41) is 3.87. The van der Waals surface area contributed by atoms with E-state index in [1.54, 1.807) is 4.52 Å². The maximum atomic E-state index is 10.8. The maximum Gasteiger partial charge on any atom is 0.202 e. The molecule has 4 nitrogen and oxygen atoms in total. The molecule has 2 aromatic heterocycles. The van der Waals surface area contributed by atoms with Crippen molar-refractivity contribution in [2.45, 2.75) is 6.92 Å². The maximum absolute atomic E-state index is 10.8. The highest BCUT2D eigenvalue weighted by Crippen LogP contribution is 1.97. The largest absolute Gasteiger partial charge is 0.342 e. The molecule has 11 heavy (non-hydrogen) atoms. The lowest BCUT2D eigenvalue weighted by molar-refractivity contribution is 0.926. The van der Waals surface area contributed by atoms with E-state index in [9.17, 15) is 4.79 Å². The predicted octanol–water partition coefficient (Wildman–Crippen LogP) is 0.331. The SMILES string of the molecule is Cc1cn2ncc(=O)cc2[nH]1. The number of fused-ring (bicyclic) bond motifs is 1. The Balaban J connectivity index is 2.92. The second kappa shape index (κ2) is 1.95. The van der Waals surface area contributed by atoms with Crippen molar-refractivity contribution in [2.75, 3.05) is 0 Å². The van der Waals surface area contributed by atoms with E-state index in [4.69, 9.17) is 0 Å². The summed E-state index contributed by atoms with van der Waals surface area (Å²) >= 11 is 0. The number of rotatable bonds is 0. The Labute approximate surface area is 62.5 Å². The van der Waals surface area contributed by atoms with Crippen LogP contribution >= 0.6 is 0 Å². The molecular weight excluding hydrogens is 142 g/mol. The molecule has 0 saturated carbocycles. The number of hydrogen-bond acceptors (Lipinski definition) is 2. The summed E-state index contributed by atoms with van der Waals surface area (Å²) in [7, 11) is 0. The summed E-state index contributed by atoms with van der Waals surface area (Å²) in [5.74, 6) is 0. The van der Waals surface area contributed by atoms with E-state index < -0.39 is 0 Å². The molecule has 2 aromatic rings. The summed E-state index contributed by atoms with van der Waals surface area (Å²) < 4.78 is 1.64. The van der Waals surface area contributed by atoms with E-state index in [-0.39, 0.29) is 5.43 Å². The van der Waals surface area contributed by atoms with Gasteiger partial charge in [-0.25, -0.2) is 4.52 Å². The molecule has 2 heterocycles. The molecule has 0 unspecified atom stereocenters. The third-order valence-corrected chi connectivity index (χ3v) is 1.48.